The molecule has 35 heteroatoms. The number of carbonyl (C=O) groups excluding carboxylic acids is 2. The molecule has 2 aliphatic heterocycles. The van der Waals surface area contributed by atoms with Gasteiger partial charge in [0.15, 0.2) is 24.7 Å². The molecule has 2 aromatic carbocycles. The van der Waals surface area contributed by atoms with Crippen molar-refractivity contribution in [1.82, 2.24) is 19.1 Å². The van der Waals surface area contributed by atoms with E-state index in [0.717, 1.165) is 24.5 Å². The molecule has 2 aliphatic rings. The van der Waals surface area contributed by atoms with Gasteiger partial charge in [0.2, 0.25) is 0 Å². The number of amides is 2. The van der Waals surface area contributed by atoms with Crippen LogP contribution in [0.1, 0.15) is 12.5 Å². The van der Waals surface area contributed by atoms with Crippen LogP contribution in [0.3, 0.4) is 0 Å². The first kappa shape index (κ1) is 51.1. The second kappa shape index (κ2) is 20.9. The lowest BCUT2D eigenvalue weighted by molar-refractivity contribution is -0.0552. The van der Waals surface area contributed by atoms with Crippen LogP contribution >= 0.6 is 31.3 Å². The van der Waals surface area contributed by atoms with Gasteiger partial charge in [0, 0.05) is 29.8 Å². The van der Waals surface area contributed by atoms with Gasteiger partial charge in [-0.25, -0.2) is 37.4 Å². The Labute approximate surface area is 373 Å². The maximum absolute atomic E-state index is 12.8. The summed E-state index contributed by atoms with van der Waals surface area (Å²) in [7, 11) is -24.7. The van der Waals surface area contributed by atoms with Crippen molar-refractivity contribution in [2.75, 3.05) is 29.6 Å². The Morgan fingerprint density at radius 2 is 1.13 bits per heavy atom. The van der Waals surface area contributed by atoms with Crippen LogP contribution in [0.5, 0.6) is 0 Å². The van der Waals surface area contributed by atoms with Gasteiger partial charge >= 0.3 is 54.9 Å². The van der Waals surface area contributed by atoms with Gasteiger partial charge < -0.3 is 54.5 Å². The standard InChI is InChI=1S/C32H37N7O24P4/c33-21-11-13-38(29(43)36-21)27-24(42)25(59-31(45)34-17-7-3-1-4-8-17)20(58-27)16-56-65(49,50)62-67(53,54)63-66(51,52)61-64(47,48)55-15-19-23(41)26(60-32(46)35-18-9-5-2-6-10-18)28(57-19)39-14-12-22(40)37-30(39)44/h1-14,19-20,23-28,41-42H,15-16H2,(H,34,45)(H,35,46)(H,47,48)(H,49,50)(H,51,52)(H,53,54)(H2,33,36,43)(H,37,40,44)/t19-,20-,23-,24-,25-,26-,27-,28-/m1/s1. The smallest absolute Gasteiger partial charge is 0.440 e. The van der Waals surface area contributed by atoms with Gasteiger partial charge in [0.25, 0.3) is 5.56 Å². The summed E-state index contributed by atoms with van der Waals surface area (Å²) >= 11 is 0. The van der Waals surface area contributed by atoms with Crippen molar-refractivity contribution in [2.45, 2.75) is 49.1 Å². The average molecular weight is 1030 g/mol. The summed E-state index contributed by atoms with van der Waals surface area (Å²) in [5, 5.41) is 26.7. The Kier molecular flexibility index (Phi) is 16.0. The second-order valence-electron chi connectivity index (χ2n) is 13.6. The highest BCUT2D eigenvalue weighted by molar-refractivity contribution is 7.69. The van der Waals surface area contributed by atoms with Crippen molar-refractivity contribution in [3.05, 3.63) is 117 Å². The zero-order valence-electron chi connectivity index (χ0n) is 33.4. The molecule has 31 nitrogen and oxygen atoms in total. The van der Waals surface area contributed by atoms with Gasteiger partial charge in [0.05, 0.1) is 13.2 Å². The number of phosphoric ester groups is 2. The maximum Gasteiger partial charge on any atom is 0.490 e. The molecule has 2 aromatic heterocycles. The van der Waals surface area contributed by atoms with E-state index in [0.29, 0.717) is 9.13 Å². The quantitative estimate of drug-likeness (QED) is 0.0610. The number of aliphatic hydroxyl groups excluding tert-OH is 2. The van der Waals surface area contributed by atoms with Crippen molar-refractivity contribution in [1.29, 1.82) is 0 Å². The van der Waals surface area contributed by atoms with E-state index in [-0.39, 0.29) is 17.2 Å². The largest absolute Gasteiger partial charge is 0.490 e. The van der Waals surface area contributed by atoms with Crippen molar-refractivity contribution < 1.29 is 98.6 Å². The number of benzene rings is 2. The predicted octanol–water partition coefficient (Wildman–Crippen LogP) is 0.611. The molecular formula is C32H37N7O24P4. The number of carbonyl (C=O) groups is 2. The Bertz CT molecular complexity index is 2800. The van der Waals surface area contributed by atoms with Gasteiger partial charge in [0.1, 0.15) is 30.2 Å². The second-order valence-corrected chi connectivity index (χ2v) is 19.8. The molecule has 12 atom stereocenters. The van der Waals surface area contributed by atoms with Gasteiger partial charge in [-0.2, -0.15) is 17.9 Å². The molecule has 0 saturated carbocycles. The number of H-pyrrole nitrogens is 1. The van der Waals surface area contributed by atoms with Gasteiger partial charge in [-0.1, -0.05) is 36.4 Å². The van der Waals surface area contributed by atoms with Crippen molar-refractivity contribution >= 4 is 60.7 Å². The third-order valence-corrected chi connectivity index (χ3v) is 14.7. The van der Waals surface area contributed by atoms with Crippen LogP contribution in [0, 0.1) is 0 Å². The van der Waals surface area contributed by atoms with E-state index in [1.54, 1.807) is 36.4 Å². The molecule has 0 spiro atoms. The van der Waals surface area contributed by atoms with E-state index in [9.17, 15) is 72.0 Å². The van der Waals surface area contributed by atoms with Gasteiger partial charge in [-0.05, 0) is 30.3 Å². The van der Waals surface area contributed by atoms with Crippen molar-refractivity contribution in [3.8, 4) is 0 Å². The summed E-state index contributed by atoms with van der Waals surface area (Å²) in [5.41, 5.74) is 2.90. The lowest BCUT2D eigenvalue weighted by atomic mass is 10.1. The predicted molar refractivity (Wildman–Crippen MR) is 219 cm³/mol. The lowest BCUT2D eigenvalue weighted by Crippen LogP contribution is -2.41. The minimum atomic E-state index is -6.38. The molecule has 2 fully saturated rings. The van der Waals surface area contributed by atoms with Gasteiger partial charge in [-0.3, -0.25) is 38.6 Å². The molecule has 2 saturated heterocycles. The molecule has 364 valence electrons. The van der Waals surface area contributed by atoms with E-state index in [2.05, 4.69) is 37.6 Å². The topological polar surface area (TPSA) is 447 Å². The number of nitrogen functional groups attached to an aromatic ring is 1. The van der Waals surface area contributed by atoms with Crippen LogP contribution in [0.25, 0.3) is 0 Å². The minimum absolute atomic E-state index is 0.217. The fourth-order valence-electron chi connectivity index (χ4n) is 6.07. The molecule has 6 rings (SSSR count). The summed E-state index contributed by atoms with van der Waals surface area (Å²) in [6.07, 6.45) is -15.2. The number of phosphoric acid groups is 4. The lowest BCUT2D eigenvalue weighted by Gasteiger charge is -2.23. The summed E-state index contributed by atoms with van der Waals surface area (Å²) in [5.74, 6) is -0.228. The summed E-state index contributed by atoms with van der Waals surface area (Å²) in [4.78, 5) is 108. The fourth-order valence-corrected chi connectivity index (χ4v) is 11.0. The number of para-hydroxylation sites is 2. The monoisotopic (exact) mass is 1030 g/mol. The van der Waals surface area contributed by atoms with E-state index < -0.39 is 123 Å². The molecule has 4 aromatic rings. The van der Waals surface area contributed by atoms with Crippen LogP contribution in [0.4, 0.5) is 26.8 Å². The number of nitrogens with two attached hydrogens (primary N) is 1. The van der Waals surface area contributed by atoms with E-state index in [4.69, 9.17) is 24.7 Å². The van der Waals surface area contributed by atoms with Crippen LogP contribution in [-0.4, -0.2) is 111 Å². The van der Waals surface area contributed by atoms with E-state index in [1.807, 2.05) is 4.98 Å². The molecule has 67 heavy (non-hydrogen) atoms. The highest BCUT2D eigenvalue weighted by atomic mass is 31.3. The van der Waals surface area contributed by atoms with Gasteiger partial charge in [-0.15, -0.1) is 0 Å². The number of rotatable bonds is 18. The number of nitrogens with zero attached hydrogens (tertiary/aromatic N) is 3. The number of ether oxygens (including phenoxy) is 4. The normalized spacial score (nSPS) is 26.2. The molecule has 0 bridgehead atoms. The highest BCUT2D eigenvalue weighted by Crippen LogP contribution is 2.71. The van der Waals surface area contributed by atoms with Crippen LogP contribution in [-0.2, 0) is 59.2 Å². The third-order valence-electron chi connectivity index (χ3n) is 8.82. The Morgan fingerprint density at radius 1 is 0.657 bits per heavy atom. The molecule has 4 heterocycles. The molecule has 0 radical (unpaired) electrons. The van der Waals surface area contributed by atoms with E-state index >= 15 is 0 Å². The van der Waals surface area contributed by atoms with Crippen molar-refractivity contribution in [2.24, 2.45) is 0 Å². The Hall–Kier alpha value is -5.26. The summed E-state index contributed by atoms with van der Waals surface area (Å²) < 4.78 is 94.8. The summed E-state index contributed by atoms with van der Waals surface area (Å²) in [6.45, 7) is -2.57. The zero-order valence-corrected chi connectivity index (χ0v) is 36.9. The number of aromatic nitrogens is 4. The number of aliphatic hydroxyl groups is 2. The van der Waals surface area contributed by atoms with Crippen LogP contribution in [0.15, 0.2) is 99.6 Å². The first-order valence-corrected chi connectivity index (χ1v) is 24.5. The Balaban J connectivity index is 1.07. The molecular weight excluding hydrogens is 990 g/mol. The molecule has 0 aliphatic carbocycles. The molecule has 2 amide bonds. The first-order chi connectivity index (χ1) is 31.4. The number of nitrogens with one attached hydrogen (secondary N) is 3. The molecule has 11 N–H and O–H groups in total. The zero-order chi connectivity index (χ0) is 48.9. The van der Waals surface area contributed by atoms with Crippen molar-refractivity contribution in [3.63, 3.8) is 0 Å². The third kappa shape index (κ3) is 13.9. The summed E-state index contributed by atoms with van der Waals surface area (Å²) in [6, 6.07) is 17.3. The molecule has 4 unspecified atom stereocenters. The maximum atomic E-state index is 12.8. The number of aromatic amines is 1. The first-order valence-electron chi connectivity index (χ1n) is 18.5. The fraction of sp³-hybridized carbons (Fsp3) is 0.312. The average Bonchev–Trinajstić information content (AvgIpc) is 3.69. The van der Waals surface area contributed by atoms with Crippen LogP contribution in [0.2, 0.25) is 0 Å². The highest BCUT2D eigenvalue weighted by Gasteiger charge is 2.52. The number of hydrogen-bond donors (Lipinski definition) is 10. The van der Waals surface area contributed by atoms with E-state index in [1.165, 1.54) is 24.3 Å². The SMILES string of the molecule is Nc1ccn([C@@H]2O[C@H](COP(=O)(O)OP(=O)(O)OP(=O)(O)OP(=O)(O)OC[C@H]3O[C@@H](n4ccc(=O)[nH]c4=O)[C@H](OC(=O)Nc4ccccc4)[C@@H]3O)[C@@H](OC(=O)Nc3ccccc3)[C@H]2O)c(=O)n1. The number of anilines is 3. The van der Waals surface area contributed by atoms with Crippen LogP contribution < -0.4 is 33.3 Å². The minimum Gasteiger partial charge on any atom is -0.440 e. The number of hydrogen-bond acceptors (Lipinski definition) is 22. The Morgan fingerprint density at radius 3 is 1.66 bits per heavy atom.